The van der Waals surface area contributed by atoms with E-state index in [1.54, 1.807) is 5.06 Å². The van der Waals surface area contributed by atoms with Gasteiger partial charge in [0.25, 0.3) is 0 Å². The lowest BCUT2D eigenvalue weighted by Gasteiger charge is -2.34. The van der Waals surface area contributed by atoms with Crippen LogP contribution in [0.5, 0.6) is 0 Å². The summed E-state index contributed by atoms with van der Waals surface area (Å²) in [6.45, 7) is 0.752. The molecule has 0 amide bonds. The van der Waals surface area contributed by atoms with Gasteiger partial charge in [0.2, 0.25) is 0 Å². The highest BCUT2D eigenvalue weighted by Crippen LogP contribution is 2.36. The number of anilines is 1. The number of carbonyl (C=O) groups is 1. The maximum Gasteiger partial charge on any atom is 0.188 e. The third-order valence-corrected chi connectivity index (χ3v) is 4.66. The minimum Gasteiger partial charge on any atom is -0.393 e. The highest BCUT2D eigenvalue weighted by Gasteiger charge is 2.52. The summed E-state index contributed by atoms with van der Waals surface area (Å²) in [5.41, 5.74) is 0.899. The minimum absolute atomic E-state index is 0.109. The number of para-hydroxylation sites is 1. The van der Waals surface area contributed by atoms with Gasteiger partial charge in [-0.15, -0.1) is 0 Å². The molecule has 1 N–H and O–H groups in total. The predicted molar refractivity (Wildman–Crippen MR) is 81.6 cm³/mol. The van der Waals surface area contributed by atoms with Crippen LogP contribution in [0.1, 0.15) is 12.8 Å². The first kappa shape index (κ1) is 15.1. The average molecular weight is 319 g/mol. The van der Waals surface area contributed by atoms with Crippen LogP contribution in [-0.2, 0) is 19.1 Å². The third-order valence-electron chi connectivity index (χ3n) is 4.66. The van der Waals surface area contributed by atoms with E-state index in [1.807, 2.05) is 30.3 Å². The van der Waals surface area contributed by atoms with Crippen molar-refractivity contribution in [3.05, 3.63) is 30.3 Å². The number of aliphatic hydroxyl groups excluding tert-OH is 1. The molecule has 1 aromatic rings. The Morgan fingerprint density at radius 2 is 2.04 bits per heavy atom. The lowest BCUT2D eigenvalue weighted by Crippen LogP contribution is -2.53. The van der Waals surface area contributed by atoms with Crippen molar-refractivity contribution in [2.24, 2.45) is 11.8 Å². The molecule has 2 heterocycles. The van der Waals surface area contributed by atoms with E-state index in [0.717, 1.165) is 5.69 Å². The molecule has 6 heteroatoms. The maximum absolute atomic E-state index is 12.5. The van der Waals surface area contributed by atoms with Crippen LogP contribution in [0.3, 0.4) is 0 Å². The summed E-state index contributed by atoms with van der Waals surface area (Å²) in [5.74, 6) is 0.140. The van der Waals surface area contributed by atoms with Gasteiger partial charge in [-0.1, -0.05) is 18.2 Å². The number of aliphatic hydroxyl groups is 1. The molecule has 2 saturated heterocycles. The molecule has 1 aromatic carbocycles. The summed E-state index contributed by atoms with van der Waals surface area (Å²) in [4.78, 5) is 18.4. The second kappa shape index (κ2) is 6.20. The van der Waals surface area contributed by atoms with E-state index in [1.165, 1.54) is 12.8 Å². The van der Waals surface area contributed by atoms with E-state index in [-0.39, 0.29) is 18.3 Å². The number of carbonyl (C=O) groups excluding carboxylic acids is 1. The van der Waals surface area contributed by atoms with Crippen molar-refractivity contribution in [1.82, 2.24) is 0 Å². The van der Waals surface area contributed by atoms with Gasteiger partial charge in [0, 0.05) is 0 Å². The molecule has 23 heavy (non-hydrogen) atoms. The van der Waals surface area contributed by atoms with Crippen LogP contribution in [0.15, 0.2) is 30.3 Å². The van der Waals surface area contributed by atoms with E-state index < -0.39 is 18.5 Å². The van der Waals surface area contributed by atoms with Crippen LogP contribution in [0.4, 0.5) is 5.69 Å². The van der Waals surface area contributed by atoms with Crippen LogP contribution in [0.2, 0.25) is 0 Å². The summed E-state index contributed by atoms with van der Waals surface area (Å²) in [6, 6.07) is 9.66. The summed E-state index contributed by atoms with van der Waals surface area (Å²) in [7, 11) is 0. The molecule has 1 saturated carbocycles. The fourth-order valence-corrected chi connectivity index (χ4v) is 3.13. The van der Waals surface area contributed by atoms with Gasteiger partial charge in [-0.3, -0.25) is 14.7 Å². The Hall–Kier alpha value is -1.47. The molecule has 124 valence electrons. The first-order valence-corrected chi connectivity index (χ1v) is 8.17. The second-order valence-corrected chi connectivity index (χ2v) is 6.43. The number of Topliss-reactive ketones (excluding diaryl/α,β-unsaturated/α-hetero) is 1. The number of fused-ring (bicyclic) bond motifs is 1. The zero-order valence-electron chi connectivity index (χ0n) is 12.8. The van der Waals surface area contributed by atoms with Crippen molar-refractivity contribution >= 4 is 11.5 Å². The van der Waals surface area contributed by atoms with E-state index >= 15 is 0 Å². The Labute approximate surface area is 134 Å². The number of hydrogen-bond donors (Lipinski definition) is 1. The number of hydroxylamine groups is 1. The molecule has 4 rings (SSSR count). The molecule has 3 aliphatic rings. The first-order chi connectivity index (χ1) is 11.3. The molecular formula is C17H21NO5. The number of rotatable bonds is 5. The number of nitrogens with zero attached hydrogens (tertiary/aromatic N) is 1. The zero-order valence-corrected chi connectivity index (χ0v) is 12.8. The Kier molecular flexibility index (Phi) is 4.07. The van der Waals surface area contributed by atoms with Gasteiger partial charge in [-0.25, -0.2) is 0 Å². The normalized spacial score (nSPS) is 33.8. The number of benzene rings is 1. The van der Waals surface area contributed by atoms with E-state index in [0.29, 0.717) is 19.1 Å². The lowest BCUT2D eigenvalue weighted by molar-refractivity contribution is -0.247. The van der Waals surface area contributed by atoms with Gasteiger partial charge >= 0.3 is 0 Å². The third kappa shape index (κ3) is 2.99. The van der Waals surface area contributed by atoms with Crippen molar-refractivity contribution in [2.75, 3.05) is 24.8 Å². The fourth-order valence-electron chi connectivity index (χ4n) is 3.13. The fraction of sp³-hybridized carbons (Fsp3) is 0.588. The van der Waals surface area contributed by atoms with Crippen LogP contribution >= 0.6 is 0 Å². The quantitative estimate of drug-likeness (QED) is 0.878. The van der Waals surface area contributed by atoms with Gasteiger partial charge in [0.05, 0.1) is 31.4 Å². The Morgan fingerprint density at radius 3 is 2.74 bits per heavy atom. The van der Waals surface area contributed by atoms with Gasteiger partial charge in [-0.05, 0) is 30.9 Å². The zero-order chi connectivity index (χ0) is 15.8. The molecule has 6 nitrogen and oxygen atoms in total. The number of hydrogen-bond acceptors (Lipinski definition) is 6. The second-order valence-electron chi connectivity index (χ2n) is 6.43. The van der Waals surface area contributed by atoms with E-state index in [2.05, 4.69) is 0 Å². The maximum atomic E-state index is 12.5. The number of ketones is 1. The van der Waals surface area contributed by atoms with Gasteiger partial charge in [0.1, 0.15) is 12.2 Å². The molecule has 0 aromatic heterocycles. The van der Waals surface area contributed by atoms with Crippen molar-refractivity contribution in [3.63, 3.8) is 0 Å². The summed E-state index contributed by atoms with van der Waals surface area (Å²) < 4.78 is 11.5. The molecule has 3 fully saturated rings. The molecule has 0 radical (unpaired) electrons. The molecular weight excluding hydrogens is 298 g/mol. The Morgan fingerprint density at radius 1 is 1.26 bits per heavy atom. The van der Waals surface area contributed by atoms with Crippen molar-refractivity contribution in [1.29, 1.82) is 0 Å². The Balaban J connectivity index is 1.51. The molecule has 0 bridgehead atoms. The van der Waals surface area contributed by atoms with Gasteiger partial charge in [-0.2, -0.15) is 0 Å². The molecule has 4 atom stereocenters. The predicted octanol–water partition coefficient (Wildman–Crippen LogP) is 1.14. The van der Waals surface area contributed by atoms with Crippen molar-refractivity contribution < 1.29 is 24.2 Å². The van der Waals surface area contributed by atoms with Gasteiger partial charge in [0.15, 0.2) is 12.1 Å². The van der Waals surface area contributed by atoms with Crippen LogP contribution < -0.4 is 5.06 Å². The van der Waals surface area contributed by atoms with E-state index in [4.69, 9.17) is 14.3 Å². The molecule has 0 spiro atoms. The van der Waals surface area contributed by atoms with Crippen LogP contribution in [0.25, 0.3) is 0 Å². The SMILES string of the molecule is O=C1[C@@H](CO)O[C@H](OCC2CC2)[C@H]2ON(c3ccccc3)C[C@@H]12. The minimum atomic E-state index is -0.820. The lowest BCUT2D eigenvalue weighted by atomic mass is 9.91. The smallest absolute Gasteiger partial charge is 0.188 e. The van der Waals surface area contributed by atoms with Gasteiger partial charge < -0.3 is 14.6 Å². The topological polar surface area (TPSA) is 68.2 Å². The molecule has 1 aliphatic carbocycles. The number of ether oxygens (including phenoxy) is 2. The molecule has 2 aliphatic heterocycles. The highest BCUT2D eigenvalue weighted by molar-refractivity contribution is 5.87. The van der Waals surface area contributed by atoms with Crippen molar-refractivity contribution in [2.45, 2.75) is 31.3 Å². The van der Waals surface area contributed by atoms with Crippen LogP contribution in [0, 0.1) is 11.8 Å². The first-order valence-electron chi connectivity index (χ1n) is 8.17. The average Bonchev–Trinajstić information content (AvgIpc) is 3.31. The van der Waals surface area contributed by atoms with Crippen LogP contribution in [-0.4, -0.2) is 49.1 Å². The molecule has 0 unspecified atom stereocenters. The summed E-state index contributed by atoms with van der Waals surface area (Å²) in [6.07, 6.45) is 0.480. The van der Waals surface area contributed by atoms with Crippen molar-refractivity contribution in [3.8, 4) is 0 Å². The van der Waals surface area contributed by atoms with E-state index in [9.17, 15) is 9.90 Å². The monoisotopic (exact) mass is 319 g/mol. The summed E-state index contributed by atoms with van der Waals surface area (Å²) in [5, 5.41) is 11.1. The highest BCUT2D eigenvalue weighted by atomic mass is 16.8. The standard InChI is InChI=1S/C17H21NO5/c19-9-14-15(20)13-8-18(12-4-2-1-3-5-12)23-16(13)17(22-14)21-10-11-6-7-11/h1-5,11,13-14,16-17,19H,6-10H2/t13-,14+,16-,17-/m0/s1. The Bertz CT molecular complexity index is 561. The largest absolute Gasteiger partial charge is 0.393 e. The summed E-state index contributed by atoms with van der Waals surface area (Å²) >= 11 is 0.